The molecule has 0 radical (unpaired) electrons. The first-order valence-electron chi connectivity index (χ1n) is 4.94. The lowest BCUT2D eigenvalue weighted by atomic mass is 10.1. The van der Waals surface area contributed by atoms with Crippen LogP contribution in [0.4, 0.5) is 0 Å². The average Bonchev–Trinajstić information content (AvgIpc) is 2.35. The molecule has 0 aliphatic heterocycles. The largest absolute Gasteiger partial charge is 0.493 e. The van der Waals surface area contributed by atoms with Crippen LogP contribution in [0.15, 0.2) is 12.1 Å². The number of hydrogen-bond donors (Lipinski definition) is 2. The van der Waals surface area contributed by atoms with Gasteiger partial charge in [0.15, 0.2) is 11.5 Å². The minimum Gasteiger partial charge on any atom is -0.493 e. The molecule has 5 nitrogen and oxygen atoms in total. The van der Waals surface area contributed by atoms with Crippen molar-refractivity contribution < 1.29 is 14.2 Å². The van der Waals surface area contributed by atoms with E-state index in [0.717, 1.165) is 5.56 Å². The number of hydrogen-bond acceptors (Lipinski definition) is 5. The van der Waals surface area contributed by atoms with Gasteiger partial charge in [-0.15, -0.1) is 24.8 Å². The summed E-state index contributed by atoms with van der Waals surface area (Å²) in [6, 6.07) is 3.33. The first-order valence-corrected chi connectivity index (χ1v) is 4.94. The zero-order valence-electron chi connectivity index (χ0n) is 10.6. The van der Waals surface area contributed by atoms with Crippen LogP contribution < -0.4 is 25.7 Å². The molecule has 7 heteroatoms. The lowest BCUT2D eigenvalue weighted by Crippen LogP contribution is -2.21. The van der Waals surface area contributed by atoms with E-state index in [2.05, 4.69) is 0 Å². The number of methoxy groups -OCH3 is 3. The van der Waals surface area contributed by atoms with Crippen molar-refractivity contribution in [3.8, 4) is 17.2 Å². The van der Waals surface area contributed by atoms with E-state index in [1.165, 1.54) is 0 Å². The molecule has 0 fully saturated rings. The fraction of sp³-hybridized carbons (Fsp3) is 0.455. The third-order valence-electron chi connectivity index (χ3n) is 2.39. The fourth-order valence-corrected chi connectivity index (χ4v) is 1.54. The van der Waals surface area contributed by atoms with Gasteiger partial charge in [0.25, 0.3) is 0 Å². The van der Waals surface area contributed by atoms with Crippen LogP contribution in [-0.2, 0) is 0 Å². The molecule has 0 aliphatic carbocycles. The van der Waals surface area contributed by atoms with Gasteiger partial charge in [0.1, 0.15) is 0 Å². The number of rotatable bonds is 5. The number of benzene rings is 1. The highest BCUT2D eigenvalue weighted by Gasteiger charge is 2.18. The van der Waals surface area contributed by atoms with Crippen molar-refractivity contribution >= 4 is 24.8 Å². The Hall–Kier alpha value is -0.880. The topological polar surface area (TPSA) is 79.7 Å². The van der Waals surface area contributed by atoms with Crippen molar-refractivity contribution in [3.63, 3.8) is 0 Å². The molecule has 106 valence electrons. The van der Waals surface area contributed by atoms with Gasteiger partial charge in [-0.1, -0.05) is 0 Å². The first kappa shape index (κ1) is 19.5. The van der Waals surface area contributed by atoms with Crippen LogP contribution in [0, 0.1) is 0 Å². The number of ether oxygens (including phenoxy) is 3. The van der Waals surface area contributed by atoms with Gasteiger partial charge in [0.05, 0.1) is 21.3 Å². The Bertz CT molecular complexity index is 364. The number of halogens is 2. The summed E-state index contributed by atoms with van der Waals surface area (Å²) in [7, 11) is 4.68. The summed E-state index contributed by atoms with van der Waals surface area (Å²) in [5.74, 6) is 1.71. The fourth-order valence-electron chi connectivity index (χ4n) is 1.54. The Morgan fingerprint density at radius 1 is 1.00 bits per heavy atom. The summed E-state index contributed by atoms with van der Waals surface area (Å²) in [6.45, 7) is 0.339. The summed E-state index contributed by atoms with van der Waals surface area (Å²) in [5.41, 5.74) is 12.2. The molecule has 0 unspecified atom stereocenters. The van der Waals surface area contributed by atoms with Gasteiger partial charge in [-0.2, -0.15) is 0 Å². The minimum atomic E-state index is -0.283. The van der Waals surface area contributed by atoms with E-state index in [9.17, 15) is 0 Å². The molecular weight excluding hydrogens is 279 g/mol. The quantitative estimate of drug-likeness (QED) is 0.861. The standard InChI is InChI=1S/C11H18N2O3.2ClH/c1-14-9-5-4-7(8(13)6-12)10(15-2)11(9)16-3;;/h4-5,8H,6,12-13H2,1-3H3;2*1H/t8-;;/m1../s1. The molecule has 0 spiro atoms. The Labute approximate surface area is 120 Å². The van der Waals surface area contributed by atoms with Gasteiger partial charge in [0.2, 0.25) is 5.75 Å². The van der Waals surface area contributed by atoms with Gasteiger partial charge in [-0.05, 0) is 12.1 Å². The molecule has 0 aliphatic rings. The normalized spacial score (nSPS) is 10.7. The minimum absolute atomic E-state index is 0. The molecule has 1 aromatic carbocycles. The van der Waals surface area contributed by atoms with Crippen molar-refractivity contribution in [3.05, 3.63) is 17.7 Å². The van der Waals surface area contributed by atoms with Crippen LogP contribution >= 0.6 is 24.8 Å². The molecule has 0 amide bonds. The van der Waals surface area contributed by atoms with Crippen molar-refractivity contribution in [1.82, 2.24) is 0 Å². The molecule has 18 heavy (non-hydrogen) atoms. The maximum atomic E-state index is 5.88. The molecule has 0 saturated carbocycles. The van der Waals surface area contributed by atoms with Crippen molar-refractivity contribution in [1.29, 1.82) is 0 Å². The predicted octanol–water partition coefficient (Wildman–Crippen LogP) is 1.51. The summed E-state index contributed by atoms with van der Waals surface area (Å²) >= 11 is 0. The molecule has 1 rings (SSSR count). The summed E-state index contributed by atoms with van der Waals surface area (Å²) in [5, 5.41) is 0. The van der Waals surface area contributed by atoms with E-state index < -0.39 is 0 Å². The van der Waals surface area contributed by atoms with Crippen molar-refractivity contribution in [2.24, 2.45) is 11.5 Å². The van der Waals surface area contributed by atoms with Gasteiger partial charge >= 0.3 is 0 Å². The Balaban J connectivity index is 0. The molecule has 1 aromatic rings. The zero-order chi connectivity index (χ0) is 12.1. The maximum Gasteiger partial charge on any atom is 0.203 e. The van der Waals surface area contributed by atoms with E-state index in [1.807, 2.05) is 6.07 Å². The van der Waals surface area contributed by atoms with E-state index in [-0.39, 0.29) is 30.9 Å². The third kappa shape index (κ3) is 3.81. The first-order chi connectivity index (χ1) is 7.69. The molecule has 4 N–H and O–H groups in total. The van der Waals surface area contributed by atoms with E-state index in [1.54, 1.807) is 27.4 Å². The van der Waals surface area contributed by atoms with Gasteiger partial charge in [-0.25, -0.2) is 0 Å². The second-order valence-electron chi connectivity index (χ2n) is 3.27. The highest BCUT2D eigenvalue weighted by Crippen LogP contribution is 2.41. The molecule has 1 atom stereocenters. The highest BCUT2D eigenvalue weighted by atomic mass is 35.5. The van der Waals surface area contributed by atoms with E-state index in [0.29, 0.717) is 23.8 Å². The third-order valence-corrected chi connectivity index (χ3v) is 2.39. The SMILES string of the molecule is COc1ccc([C@H](N)CN)c(OC)c1OC.Cl.Cl. The van der Waals surface area contributed by atoms with Gasteiger partial charge in [-0.3, -0.25) is 0 Å². The van der Waals surface area contributed by atoms with Crippen molar-refractivity contribution in [2.45, 2.75) is 6.04 Å². The maximum absolute atomic E-state index is 5.88. The summed E-state index contributed by atoms with van der Waals surface area (Å²) < 4.78 is 15.7. The summed E-state index contributed by atoms with van der Waals surface area (Å²) in [4.78, 5) is 0. The van der Waals surface area contributed by atoms with Gasteiger partial charge in [0, 0.05) is 18.2 Å². The second-order valence-corrected chi connectivity index (χ2v) is 3.27. The molecule has 0 bridgehead atoms. The van der Waals surface area contributed by atoms with E-state index >= 15 is 0 Å². The molecule has 0 heterocycles. The van der Waals surface area contributed by atoms with Crippen LogP contribution in [0.25, 0.3) is 0 Å². The van der Waals surface area contributed by atoms with Gasteiger partial charge < -0.3 is 25.7 Å². The monoisotopic (exact) mass is 298 g/mol. The molecule has 0 aromatic heterocycles. The molecule has 0 saturated heterocycles. The average molecular weight is 299 g/mol. The Morgan fingerprint density at radius 3 is 1.94 bits per heavy atom. The predicted molar refractivity (Wildman–Crippen MR) is 76.6 cm³/mol. The lowest BCUT2D eigenvalue weighted by molar-refractivity contribution is 0.321. The van der Waals surface area contributed by atoms with Crippen LogP contribution in [0.3, 0.4) is 0 Å². The second kappa shape index (κ2) is 9.10. The van der Waals surface area contributed by atoms with E-state index in [4.69, 9.17) is 25.7 Å². The highest BCUT2D eigenvalue weighted by molar-refractivity contribution is 5.85. The number of nitrogens with two attached hydrogens (primary N) is 2. The van der Waals surface area contributed by atoms with Crippen LogP contribution in [-0.4, -0.2) is 27.9 Å². The Kier molecular flexibility index (Phi) is 9.84. The van der Waals surface area contributed by atoms with Crippen LogP contribution in [0.5, 0.6) is 17.2 Å². The smallest absolute Gasteiger partial charge is 0.203 e. The van der Waals surface area contributed by atoms with Crippen LogP contribution in [0.1, 0.15) is 11.6 Å². The summed E-state index contributed by atoms with van der Waals surface area (Å²) in [6.07, 6.45) is 0. The molecular formula is C11H20Cl2N2O3. The van der Waals surface area contributed by atoms with Crippen molar-refractivity contribution in [2.75, 3.05) is 27.9 Å². The lowest BCUT2D eigenvalue weighted by Gasteiger charge is -2.18. The Morgan fingerprint density at radius 2 is 1.56 bits per heavy atom. The zero-order valence-corrected chi connectivity index (χ0v) is 12.3. The van der Waals surface area contributed by atoms with Crippen LogP contribution in [0.2, 0.25) is 0 Å².